The van der Waals surface area contributed by atoms with Gasteiger partial charge in [0.05, 0.1) is 27.7 Å². The van der Waals surface area contributed by atoms with Crippen LogP contribution in [0.15, 0.2) is 85.1 Å². The number of ether oxygens (including phenoxy) is 2. The largest absolute Gasteiger partial charge is 0.756 e. The van der Waals surface area contributed by atoms with Crippen LogP contribution in [0.1, 0.15) is 174 Å². The Morgan fingerprint density at radius 3 is 1.46 bits per heavy atom. The third-order valence-corrected chi connectivity index (χ3v) is 10.6. The summed E-state index contributed by atoms with van der Waals surface area (Å²) in [5.41, 5.74) is 0. The molecule has 61 heavy (non-hydrogen) atoms. The molecular formula is C51H88NO8P. The molecule has 0 aromatic carbocycles. The van der Waals surface area contributed by atoms with Gasteiger partial charge in [0.15, 0.2) is 6.10 Å². The van der Waals surface area contributed by atoms with E-state index in [-0.39, 0.29) is 26.1 Å². The molecule has 350 valence electrons. The zero-order valence-corrected chi connectivity index (χ0v) is 40.2. The fraction of sp³-hybridized carbons (Fsp3) is 0.686. The molecule has 0 N–H and O–H groups in total. The van der Waals surface area contributed by atoms with Crippen molar-refractivity contribution in [3.05, 3.63) is 85.1 Å². The van der Waals surface area contributed by atoms with Crippen LogP contribution in [0.25, 0.3) is 0 Å². The Balaban J connectivity index is 4.45. The lowest BCUT2D eigenvalue weighted by atomic mass is 10.1. The van der Waals surface area contributed by atoms with Gasteiger partial charge in [-0.1, -0.05) is 170 Å². The van der Waals surface area contributed by atoms with Crippen LogP contribution in [0, 0.1) is 0 Å². The predicted octanol–water partition coefficient (Wildman–Crippen LogP) is 13.3. The second-order valence-electron chi connectivity index (χ2n) is 16.7. The van der Waals surface area contributed by atoms with Crippen LogP contribution in [-0.4, -0.2) is 70.0 Å². The van der Waals surface area contributed by atoms with Crippen molar-refractivity contribution in [3.8, 4) is 0 Å². The molecule has 0 spiro atoms. The average molecular weight is 874 g/mol. The van der Waals surface area contributed by atoms with E-state index >= 15 is 0 Å². The number of carbonyl (C=O) groups is 2. The van der Waals surface area contributed by atoms with Crippen molar-refractivity contribution in [1.82, 2.24) is 0 Å². The monoisotopic (exact) mass is 874 g/mol. The van der Waals surface area contributed by atoms with Crippen molar-refractivity contribution in [2.24, 2.45) is 0 Å². The van der Waals surface area contributed by atoms with Gasteiger partial charge in [0.1, 0.15) is 19.8 Å². The SMILES string of the molecule is CC/C=C\C/C=C\C/C=C\C/C=C\C/C=C\C/C=C\CCC(=O)OC(COC(=O)CCCCCCCCC/C=C\CCCCCCCCC)COP(=O)([O-])OCC[N+](C)(C)C. The zero-order chi connectivity index (χ0) is 45.0. The Hall–Kier alpha value is -2.81. The van der Waals surface area contributed by atoms with E-state index in [9.17, 15) is 19.0 Å². The zero-order valence-electron chi connectivity index (χ0n) is 39.3. The lowest BCUT2D eigenvalue weighted by Gasteiger charge is -2.28. The number of rotatable bonds is 42. The molecule has 9 nitrogen and oxygen atoms in total. The highest BCUT2D eigenvalue weighted by Crippen LogP contribution is 2.38. The number of esters is 2. The van der Waals surface area contributed by atoms with Gasteiger partial charge in [0.2, 0.25) is 0 Å². The van der Waals surface area contributed by atoms with Crippen molar-refractivity contribution >= 4 is 19.8 Å². The minimum Gasteiger partial charge on any atom is -0.756 e. The van der Waals surface area contributed by atoms with Crippen molar-refractivity contribution in [3.63, 3.8) is 0 Å². The summed E-state index contributed by atoms with van der Waals surface area (Å²) in [5, 5.41) is 0. The van der Waals surface area contributed by atoms with Gasteiger partial charge >= 0.3 is 11.9 Å². The van der Waals surface area contributed by atoms with E-state index < -0.39 is 32.5 Å². The van der Waals surface area contributed by atoms with E-state index in [1.807, 2.05) is 33.3 Å². The second-order valence-corrected chi connectivity index (χ2v) is 18.1. The van der Waals surface area contributed by atoms with E-state index in [1.165, 1.54) is 70.6 Å². The molecule has 2 atom stereocenters. The third kappa shape index (κ3) is 46.5. The first-order valence-electron chi connectivity index (χ1n) is 23.8. The van der Waals surface area contributed by atoms with Gasteiger partial charge in [-0.15, -0.1) is 0 Å². The first-order valence-corrected chi connectivity index (χ1v) is 25.3. The van der Waals surface area contributed by atoms with Crippen LogP contribution in [0.2, 0.25) is 0 Å². The summed E-state index contributed by atoms with van der Waals surface area (Å²) in [6.45, 7) is 4.01. The number of phosphoric ester groups is 1. The molecule has 0 saturated carbocycles. The third-order valence-electron chi connectivity index (χ3n) is 9.66. The Morgan fingerprint density at radius 1 is 0.525 bits per heavy atom. The predicted molar refractivity (Wildman–Crippen MR) is 254 cm³/mol. The van der Waals surface area contributed by atoms with Gasteiger partial charge in [0, 0.05) is 12.8 Å². The smallest absolute Gasteiger partial charge is 0.306 e. The van der Waals surface area contributed by atoms with Gasteiger partial charge in [-0.3, -0.25) is 14.2 Å². The summed E-state index contributed by atoms with van der Waals surface area (Å²) in [6.07, 6.45) is 54.8. The molecule has 0 heterocycles. The minimum atomic E-state index is -4.65. The summed E-state index contributed by atoms with van der Waals surface area (Å²) in [6, 6.07) is 0. The molecular weight excluding hydrogens is 786 g/mol. The van der Waals surface area contributed by atoms with Gasteiger partial charge in [0.25, 0.3) is 7.82 Å². The molecule has 0 aromatic rings. The number of hydrogen-bond acceptors (Lipinski definition) is 8. The van der Waals surface area contributed by atoms with Crippen LogP contribution in [0.3, 0.4) is 0 Å². The highest BCUT2D eigenvalue weighted by atomic mass is 31.2. The van der Waals surface area contributed by atoms with Crippen LogP contribution in [-0.2, 0) is 32.7 Å². The van der Waals surface area contributed by atoms with Crippen molar-refractivity contribution in [2.75, 3.05) is 47.5 Å². The van der Waals surface area contributed by atoms with E-state index in [0.29, 0.717) is 23.9 Å². The molecule has 0 aliphatic rings. The molecule has 0 rings (SSSR count). The number of nitrogens with zero attached hydrogens (tertiary/aromatic N) is 1. The summed E-state index contributed by atoms with van der Waals surface area (Å²) in [5.74, 6) is -0.942. The van der Waals surface area contributed by atoms with Gasteiger partial charge in [-0.05, 0) is 77.0 Å². The van der Waals surface area contributed by atoms with E-state index in [4.69, 9.17) is 18.5 Å². The minimum absolute atomic E-state index is 0.0492. The maximum atomic E-state index is 12.7. The van der Waals surface area contributed by atoms with Crippen LogP contribution in [0.5, 0.6) is 0 Å². The van der Waals surface area contributed by atoms with Crippen molar-refractivity contribution < 1.29 is 42.1 Å². The molecule has 0 bridgehead atoms. The quantitative estimate of drug-likeness (QED) is 0.0196. The molecule has 0 radical (unpaired) electrons. The normalized spacial score (nSPS) is 14.3. The molecule has 0 fully saturated rings. The summed E-state index contributed by atoms with van der Waals surface area (Å²) in [4.78, 5) is 37.6. The first-order chi connectivity index (χ1) is 29.5. The lowest BCUT2D eigenvalue weighted by molar-refractivity contribution is -0.870. The maximum Gasteiger partial charge on any atom is 0.306 e. The van der Waals surface area contributed by atoms with Crippen molar-refractivity contribution in [1.29, 1.82) is 0 Å². The number of unbranched alkanes of at least 4 members (excludes halogenated alkanes) is 14. The molecule has 0 amide bonds. The van der Waals surface area contributed by atoms with Gasteiger partial charge in [-0.2, -0.15) is 0 Å². The van der Waals surface area contributed by atoms with Crippen LogP contribution >= 0.6 is 7.82 Å². The standard InChI is InChI=1S/C51H88NO8P/c1-6-8-10-12-14-16-18-20-22-24-26-28-30-32-34-36-38-40-42-44-51(54)60-49(48-59-61(55,56)58-46-45-52(3,4)5)47-57-50(53)43-41-39-37-35-33-31-29-27-25-23-21-19-17-15-13-11-9-7-2/h8,10,14,16,20,22-23,25-26,28,32,34,38,40,49H,6-7,9,11-13,15,17-19,21,24,27,29-31,33,35-37,39,41-48H2,1-5H3/b10-8-,16-14-,22-20-,25-23-,28-26-,34-32-,40-38-. The van der Waals surface area contributed by atoms with Gasteiger partial charge in [-0.25, -0.2) is 0 Å². The topological polar surface area (TPSA) is 111 Å². The Kier molecular flexibility index (Phi) is 40.5. The Bertz CT molecular complexity index is 1310. The lowest BCUT2D eigenvalue weighted by Crippen LogP contribution is -2.37. The molecule has 2 unspecified atom stereocenters. The number of quaternary nitrogens is 1. The molecule has 0 saturated heterocycles. The average Bonchev–Trinajstić information content (AvgIpc) is 3.21. The highest BCUT2D eigenvalue weighted by molar-refractivity contribution is 7.45. The van der Waals surface area contributed by atoms with Crippen LogP contribution < -0.4 is 4.89 Å². The number of allylic oxidation sites excluding steroid dienone is 14. The molecule has 0 aliphatic heterocycles. The first kappa shape index (κ1) is 58.2. The summed E-state index contributed by atoms with van der Waals surface area (Å²) >= 11 is 0. The number of likely N-dealkylation sites (N-methyl/N-ethyl adjacent to an activating group) is 1. The fourth-order valence-electron chi connectivity index (χ4n) is 5.97. The van der Waals surface area contributed by atoms with E-state index in [0.717, 1.165) is 64.2 Å². The second kappa shape index (κ2) is 42.5. The molecule has 0 aromatic heterocycles. The summed E-state index contributed by atoms with van der Waals surface area (Å²) < 4.78 is 33.9. The highest BCUT2D eigenvalue weighted by Gasteiger charge is 2.21. The van der Waals surface area contributed by atoms with E-state index in [1.54, 1.807) is 0 Å². The fourth-order valence-corrected chi connectivity index (χ4v) is 6.70. The molecule has 10 heteroatoms. The Labute approximate surface area is 373 Å². The Morgan fingerprint density at radius 2 is 0.967 bits per heavy atom. The molecule has 0 aliphatic carbocycles. The number of hydrogen-bond donors (Lipinski definition) is 0. The van der Waals surface area contributed by atoms with Crippen molar-refractivity contribution in [2.45, 2.75) is 180 Å². The number of carbonyl (C=O) groups excluding carboxylic acids is 2. The van der Waals surface area contributed by atoms with Crippen LogP contribution in [0.4, 0.5) is 0 Å². The summed E-state index contributed by atoms with van der Waals surface area (Å²) in [7, 11) is 1.10. The number of phosphoric acid groups is 1. The van der Waals surface area contributed by atoms with E-state index in [2.05, 4.69) is 86.8 Å². The van der Waals surface area contributed by atoms with Gasteiger partial charge < -0.3 is 27.9 Å². The maximum absolute atomic E-state index is 12.7.